The third kappa shape index (κ3) is 4.15. The number of rotatable bonds is 6. The van der Waals surface area contributed by atoms with Crippen LogP contribution in [0.3, 0.4) is 0 Å². The minimum atomic E-state index is 0.367. The number of benzene rings is 1. The van der Waals surface area contributed by atoms with Gasteiger partial charge in [0.1, 0.15) is 0 Å². The average molecular weight is 282 g/mol. The summed E-state index contributed by atoms with van der Waals surface area (Å²) in [6, 6.07) is 9.23. The summed E-state index contributed by atoms with van der Waals surface area (Å²) in [5.74, 6) is 0. The number of pyridine rings is 1. The first-order valence-corrected chi connectivity index (χ1v) is 7.81. The minimum Gasteiger partial charge on any atom is -0.310 e. The van der Waals surface area contributed by atoms with Crippen molar-refractivity contribution in [3.63, 3.8) is 0 Å². The molecule has 1 aromatic carbocycles. The summed E-state index contributed by atoms with van der Waals surface area (Å²) in [6.07, 6.45) is 5.90. The van der Waals surface area contributed by atoms with E-state index >= 15 is 0 Å². The lowest BCUT2D eigenvalue weighted by molar-refractivity contribution is 0.526. The van der Waals surface area contributed by atoms with Gasteiger partial charge in [0.15, 0.2) is 0 Å². The van der Waals surface area contributed by atoms with Gasteiger partial charge in [-0.15, -0.1) is 0 Å². The molecular formula is C19H26N2. The van der Waals surface area contributed by atoms with Crippen LogP contribution in [0.5, 0.6) is 0 Å². The van der Waals surface area contributed by atoms with Crippen LogP contribution in [0, 0.1) is 20.8 Å². The lowest BCUT2D eigenvalue weighted by Crippen LogP contribution is -2.25. The lowest BCUT2D eigenvalue weighted by Gasteiger charge is -2.22. The Morgan fingerprint density at radius 2 is 1.67 bits per heavy atom. The highest BCUT2D eigenvalue weighted by molar-refractivity contribution is 5.39. The second-order valence-electron chi connectivity index (χ2n) is 5.86. The summed E-state index contributed by atoms with van der Waals surface area (Å²) < 4.78 is 0. The molecule has 2 rings (SSSR count). The molecule has 1 unspecified atom stereocenters. The zero-order valence-corrected chi connectivity index (χ0v) is 13.6. The van der Waals surface area contributed by atoms with Gasteiger partial charge in [0, 0.05) is 18.4 Å². The molecule has 0 bridgehead atoms. The fraction of sp³-hybridized carbons (Fsp3) is 0.421. The Bertz CT molecular complexity index is 576. The molecular weight excluding hydrogens is 256 g/mol. The molecule has 0 fully saturated rings. The third-order valence-electron chi connectivity index (χ3n) is 4.09. The van der Waals surface area contributed by atoms with Crippen molar-refractivity contribution < 1.29 is 0 Å². The van der Waals surface area contributed by atoms with Crippen molar-refractivity contribution >= 4 is 0 Å². The fourth-order valence-corrected chi connectivity index (χ4v) is 2.72. The molecule has 0 aliphatic rings. The van der Waals surface area contributed by atoms with Crippen molar-refractivity contribution in [2.75, 3.05) is 6.54 Å². The van der Waals surface area contributed by atoms with Gasteiger partial charge in [0.2, 0.25) is 0 Å². The van der Waals surface area contributed by atoms with Gasteiger partial charge in [-0.1, -0.05) is 19.1 Å². The van der Waals surface area contributed by atoms with Crippen LogP contribution in [-0.2, 0) is 6.42 Å². The SMILES string of the molecule is CCCNC(Cc1ccncc1)c1cc(C)c(C)cc1C. The second-order valence-corrected chi connectivity index (χ2v) is 5.86. The molecule has 1 aromatic heterocycles. The molecule has 112 valence electrons. The molecule has 0 saturated carbocycles. The summed E-state index contributed by atoms with van der Waals surface area (Å²) in [5, 5.41) is 3.70. The molecule has 1 heterocycles. The van der Waals surface area contributed by atoms with Crippen LogP contribution in [0.1, 0.15) is 47.2 Å². The normalized spacial score (nSPS) is 12.4. The minimum absolute atomic E-state index is 0.367. The highest BCUT2D eigenvalue weighted by atomic mass is 14.9. The zero-order chi connectivity index (χ0) is 15.2. The Morgan fingerprint density at radius 1 is 1.00 bits per heavy atom. The summed E-state index contributed by atoms with van der Waals surface area (Å²) in [4.78, 5) is 4.11. The van der Waals surface area contributed by atoms with E-state index in [0.29, 0.717) is 6.04 Å². The summed E-state index contributed by atoms with van der Waals surface area (Å²) in [7, 11) is 0. The van der Waals surface area contributed by atoms with Crippen LogP contribution >= 0.6 is 0 Å². The molecule has 0 amide bonds. The van der Waals surface area contributed by atoms with E-state index in [0.717, 1.165) is 19.4 Å². The molecule has 0 radical (unpaired) electrons. The van der Waals surface area contributed by atoms with Gasteiger partial charge in [-0.3, -0.25) is 4.98 Å². The van der Waals surface area contributed by atoms with Crippen molar-refractivity contribution in [1.82, 2.24) is 10.3 Å². The summed E-state index contributed by atoms with van der Waals surface area (Å²) >= 11 is 0. The number of hydrogen-bond acceptors (Lipinski definition) is 2. The van der Waals surface area contributed by atoms with Gasteiger partial charge in [0.25, 0.3) is 0 Å². The van der Waals surface area contributed by atoms with E-state index in [1.54, 1.807) is 0 Å². The highest BCUT2D eigenvalue weighted by Gasteiger charge is 2.15. The fourth-order valence-electron chi connectivity index (χ4n) is 2.72. The van der Waals surface area contributed by atoms with Crippen molar-refractivity contribution in [1.29, 1.82) is 0 Å². The van der Waals surface area contributed by atoms with Crippen LogP contribution in [-0.4, -0.2) is 11.5 Å². The van der Waals surface area contributed by atoms with Crippen LogP contribution in [0.25, 0.3) is 0 Å². The van der Waals surface area contributed by atoms with Gasteiger partial charge in [-0.25, -0.2) is 0 Å². The van der Waals surface area contributed by atoms with Gasteiger partial charge in [0.05, 0.1) is 0 Å². The van der Waals surface area contributed by atoms with Crippen molar-refractivity contribution in [2.24, 2.45) is 0 Å². The first kappa shape index (κ1) is 15.7. The molecule has 0 aliphatic carbocycles. The molecule has 0 spiro atoms. The maximum absolute atomic E-state index is 4.11. The van der Waals surface area contributed by atoms with E-state index in [1.807, 2.05) is 12.4 Å². The average Bonchev–Trinajstić information content (AvgIpc) is 2.48. The number of aromatic nitrogens is 1. The van der Waals surface area contributed by atoms with E-state index in [1.165, 1.54) is 27.8 Å². The van der Waals surface area contributed by atoms with Gasteiger partial charge in [-0.2, -0.15) is 0 Å². The predicted molar refractivity (Wildman–Crippen MR) is 89.6 cm³/mol. The topological polar surface area (TPSA) is 24.9 Å². The zero-order valence-electron chi connectivity index (χ0n) is 13.6. The Balaban J connectivity index is 2.29. The van der Waals surface area contributed by atoms with E-state index in [9.17, 15) is 0 Å². The number of aryl methyl sites for hydroxylation is 3. The first-order valence-electron chi connectivity index (χ1n) is 7.81. The smallest absolute Gasteiger partial charge is 0.0363 e. The predicted octanol–water partition coefficient (Wildman–Crippen LogP) is 4.29. The molecule has 0 saturated heterocycles. The van der Waals surface area contributed by atoms with Gasteiger partial charge >= 0.3 is 0 Å². The molecule has 0 aliphatic heterocycles. The maximum atomic E-state index is 4.11. The number of nitrogens with zero attached hydrogens (tertiary/aromatic N) is 1. The number of nitrogens with one attached hydrogen (secondary N) is 1. The Labute approximate surface area is 128 Å². The quantitative estimate of drug-likeness (QED) is 0.855. The standard InChI is InChI=1S/C19H26N2/c1-5-8-21-19(13-17-6-9-20-10-7-17)18-12-15(3)14(2)11-16(18)4/h6-7,9-12,19,21H,5,8,13H2,1-4H3. The van der Waals surface area contributed by atoms with Crippen LogP contribution in [0.15, 0.2) is 36.7 Å². The summed E-state index contributed by atoms with van der Waals surface area (Å²) in [6.45, 7) is 9.85. The number of hydrogen-bond donors (Lipinski definition) is 1. The van der Waals surface area contributed by atoms with E-state index in [-0.39, 0.29) is 0 Å². The summed E-state index contributed by atoms with van der Waals surface area (Å²) in [5.41, 5.74) is 6.86. The first-order chi connectivity index (χ1) is 10.1. The Hall–Kier alpha value is -1.67. The molecule has 2 heteroatoms. The molecule has 2 nitrogen and oxygen atoms in total. The van der Waals surface area contributed by atoms with Gasteiger partial charge in [-0.05, 0) is 80.1 Å². The van der Waals surface area contributed by atoms with Crippen LogP contribution < -0.4 is 5.32 Å². The Morgan fingerprint density at radius 3 is 2.33 bits per heavy atom. The van der Waals surface area contributed by atoms with Crippen molar-refractivity contribution in [3.05, 3.63) is 64.5 Å². The van der Waals surface area contributed by atoms with Crippen LogP contribution in [0.2, 0.25) is 0 Å². The van der Waals surface area contributed by atoms with Crippen LogP contribution in [0.4, 0.5) is 0 Å². The third-order valence-corrected chi connectivity index (χ3v) is 4.09. The molecule has 21 heavy (non-hydrogen) atoms. The van der Waals surface area contributed by atoms with Crippen molar-refractivity contribution in [3.8, 4) is 0 Å². The van der Waals surface area contributed by atoms with E-state index in [2.05, 4.69) is 62.3 Å². The van der Waals surface area contributed by atoms with E-state index < -0.39 is 0 Å². The van der Waals surface area contributed by atoms with E-state index in [4.69, 9.17) is 0 Å². The second kappa shape index (κ2) is 7.37. The van der Waals surface area contributed by atoms with Crippen molar-refractivity contribution in [2.45, 2.75) is 46.6 Å². The molecule has 1 N–H and O–H groups in total. The Kier molecular flexibility index (Phi) is 5.51. The maximum Gasteiger partial charge on any atom is 0.0363 e. The highest BCUT2D eigenvalue weighted by Crippen LogP contribution is 2.24. The largest absolute Gasteiger partial charge is 0.310 e. The monoisotopic (exact) mass is 282 g/mol. The van der Waals surface area contributed by atoms with Gasteiger partial charge < -0.3 is 5.32 Å². The molecule has 1 atom stereocenters. The lowest BCUT2D eigenvalue weighted by atomic mass is 9.92. The molecule has 2 aromatic rings.